The largest absolute Gasteiger partial charge is 0.356 e. The van der Waals surface area contributed by atoms with Crippen molar-refractivity contribution in [2.75, 3.05) is 18.0 Å². The molecule has 4 aromatic heterocycles. The molecule has 0 N–H and O–H groups in total. The van der Waals surface area contributed by atoms with Crippen LogP contribution in [-0.4, -0.2) is 47.7 Å². The normalized spacial score (nSPS) is 14.2. The third-order valence-corrected chi connectivity index (χ3v) is 6.09. The fraction of sp³-hybridized carbons (Fsp3) is 0.240. The lowest BCUT2D eigenvalue weighted by molar-refractivity contribution is 0.568. The van der Waals surface area contributed by atoms with Crippen molar-refractivity contribution in [1.82, 2.24) is 34.6 Å². The van der Waals surface area contributed by atoms with Gasteiger partial charge in [0.1, 0.15) is 5.82 Å². The first kappa shape index (κ1) is 19.6. The number of aryl methyl sites for hydroxylation is 1. The molecule has 6 rings (SSSR count). The van der Waals surface area contributed by atoms with Gasteiger partial charge in [-0.25, -0.2) is 9.67 Å². The summed E-state index contributed by atoms with van der Waals surface area (Å²) in [7, 11) is 0. The van der Waals surface area contributed by atoms with Gasteiger partial charge in [0.2, 0.25) is 0 Å². The lowest BCUT2D eigenvalue weighted by atomic mass is 10.1. The summed E-state index contributed by atoms with van der Waals surface area (Å²) in [6.45, 7) is 4.12. The number of benzene rings is 1. The summed E-state index contributed by atoms with van der Waals surface area (Å²) in [4.78, 5) is 7.31. The third kappa shape index (κ3) is 3.73. The Hall–Kier alpha value is -4.07. The summed E-state index contributed by atoms with van der Waals surface area (Å²) in [5.74, 6) is 1.82. The van der Waals surface area contributed by atoms with Crippen LogP contribution < -0.4 is 4.90 Å². The molecular formula is C25H24N8. The fourth-order valence-electron chi connectivity index (χ4n) is 4.40. The van der Waals surface area contributed by atoms with Crippen LogP contribution >= 0.6 is 0 Å². The molecule has 8 nitrogen and oxygen atoms in total. The monoisotopic (exact) mass is 436 g/mol. The Morgan fingerprint density at radius 2 is 1.73 bits per heavy atom. The molecule has 1 aromatic carbocycles. The second-order valence-corrected chi connectivity index (χ2v) is 8.47. The summed E-state index contributed by atoms with van der Waals surface area (Å²) in [5, 5.41) is 17.6. The second-order valence-electron chi connectivity index (χ2n) is 8.47. The van der Waals surface area contributed by atoms with Gasteiger partial charge in [0.25, 0.3) is 0 Å². The van der Waals surface area contributed by atoms with Crippen molar-refractivity contribution in [3.63, 3.8) is 0 Å². The highest BCUT2D eigenvalue weighted by Gasteiger charge is 2.19. The zero-order valence-corrected chi connectivity index (χ0v) is 18.5. The molecule has 0 bridgehead atoms. The van der Waals surface area contributed by atoms with Crippen LogP contribution in [0.15, 0.2) is 67.1 Å². The number of anilines is 1. The van der Waals surface area contributed by atoms with Crippen LogP contribution in [-0.2, 0) is 0 Å². The average Bonchev–Trinajstić information content (AvgIpc) is 3.52. The van der Waals surface area contributed by atoms with Gasteiger partial charge in [-0.15, -0.1) is 0 Å². The Morgan fingerprint density at radius 1 is 0.818 bits per heavy atom. The van der Waals surface area contributed by atoms with E-state index in [1.807, 2.05) is 33.6 Å². The van der Waals surface area contributed by atoms with Gasteiger partial charge in [0.05, 0.1) is 23.8 Å². The molecule has 1 fully saturated rings. The quantitative estimate of drug-likeness (QED) is 0.417. The highest BCUT2D eigenvalue weighted by Crippen LogP contribution is 2.27. The highest BCUT2D eigenvalue weighted by atomic mass is 15.4. The molecule has 1 aliphatic heterocycles. The average molecular weight is 437 g/mol. The van der Waals surface area contributed by atoms with Crippen molar-refractivity contribution in [1.29, 1.82) is 0 Å². The molecule has 8 heteroatoms. The molecule has 0 unspecified atom stereocenters. The Kier molecular flexibility index (Phi) is 4.83. The lowest BCUT2D eigenvalue weighted by Gasteiger charge is -2.29. The maximum Gasteiger partial charge on any atom is 0.160 e. The minimum absolute atomic E-state index is 0.779. The highest BCUT2D eigenvalue weighted by molar-refractivity contribution is 5.66. The molecule has 0 radical (unpaired) electrons. The number of nitrogens with zero attached hydrogens (tertiary/aromatic N) is 8. The van der Waals surface area contributed by atoms with Crippen LogP contribution in [0, 0.1) is 6.92 Å². The molecule has 164 valence electrons. The molecular weight excluding hydrogens is 412 g/mol. The predicted octanol–water partition coefficient (Wildman–Crippen LogP) is 4.34. The molecule has 33 heavy (non-hydrogen) atoms. The number of hydrogen-bond acceptors (Lipinski definition) is 6. The van der Waals surface area contributed by atoms with E-state index in [0.29, 0.717) is 0 Å². The van der Waals surface area contributed by atoms with Crippen LogP contribution in [0.25, 0.3) is 34.0 Å². The van der Waals surface area contributed by atoms with E-state index in [1.54, 1.807) is 12.4 Å². The molecule has 0 spiro atoms. The van der Waals surface area contributed by atoms with Gasteiger partial charge in [0, 0.05) is 42.5 Å². The third-order valence-electron chi connectivity index (χ3n) is 6.09. The Labute approximate surface area is 191 Å². The molecule has 0 amide bonds. The van der Waals surface area contributed by atoms with Crippen LogP contribution in [0.3, 0.4) is 0 Å². The van der Waals surface area contributed by atoms with E-state index in [1.165, 1.54) is 24.8 Å². The molecule has 0 saturated carbocycles. The zero-order chi connectivity index (χ0) is 22.2. The molecule has 0 aliphatic carbocycles. The molecule has 1 aliphatic rings. The summed E-state index contributed by atoms with van der Waals surface area (Å²) in [6.07, 6.45) is 9.01. The van der Waals surface area contributed by atoms with Gasteiger partial charge in [-0.2, -0.15) is 24.9 Å². The lowest BCUT2D eigenvalue weighted by Crippen LogP contribution is -2.31. The van der Waals surface area contributed by atoms with Crippen molar-refractivity contribution in [2.45, 2.75) is 26.2 Å². The van der Waals surface area contributed by atoms with Gasteiger partial charge < -0.3 is 4.90 Å². The Morgan fingerprint density at radius 3 is 2.55 bits per heavy atom. The van der Waals surface area contributed by atoms with Gasteiger partial charge in [-0.1, -0.05) is 23.8 Å². The molecule has 5 heterocycles. The molecule has 0 atom stereocenters. The van der Waals surface area contributed by atoms with Crippen molar-refractivity contribution >= 4 is 11.5 Å². The molecule has 5 aromatic rings. The van der Waals surface area contributed by atoms with Crippen LogP contribution in [0.2, 0.25) is 0 Å². The Bertz CT molecular complexity index is 1410. The van der Waals surface area contributed by atoms with E-state index in [2.05, 4.69) is 52.4 Å². The van der Waals surface area contributed by atoms with Crippen molar-refractivity contribution in [3.05, 3.63) is 72.7 Å². The fourth-order valence-corrected chi connectivity index (χ4v) is 4.40. The number of piperidine rings is 1. The Balaban J connectivity index is 1.47. The summed E-state index contributed by atoms with van der Waals surface area (Å²) < 4.78 is 3.79. The smallest absolute Gasteiger partial charge is 0.160 e. The van der Waals surface area contributed by atoms with E-state index in [4.69, 9.17) is 15.2 Å². The van der Waals surface area contributed by atoms with Gasteiger partial charge in [0.15, 0.2) is 11.5 Å². The van der Waals surface area contributed by atoms with Crippen LogP contribution in [0.1, 0.15) is 24.8 Å². The minimum atomic E-state index is 0.779. The SMILES string of the molecule is Cc1cccc(-c2ccn(-c3cc(N4CCCCC4)n4nc(-c5ccnnc5)cc4n3)n2)c1. The predicted molar refractivity (Wildman–Crippen MR) is 127 cm³/mol. The summed E-state index contributed by atoms with van der Waals surface area (Å²) >= 11 is 0. The van der Waals surface area contributed by atoms with Gasteiger partial charge >= 0.3 is 0 Å². The second kappa shape index (κ2) is 8.12. The van der Waals surface area contributed by atoms with Crippen LogP contribution in [0.4, 0.5) is 5.82 Å². The molecule has 1 saturated heterocycles. The van der Waals surface area contributed by atoms with Crippen LogP contribution in [0.5, 0.6) is 0 Å². The van der Waals surface area contributed by atoms with E-state index >= 15 is 0 Å². The maximum absolute atomic E-state index is 4.91. The van der Waals surface area contributed by atoms with E-state index in [0.717, 1.165) is 52.9 Å². The van der Waals surface area contributed by atoms with E-state index < -0.39 is 0 Å². The van der Waals surface area contributed by atoms with Crippen molar-refractivity contribution in [2.24, 2.45) is 0 Å². The number of aromatic nitrogens is 7. The first-order chi connectivity index (χ1) is 16.2. The van der Waals surface area contributed by atoms with E-state index in [-0.39, 0.29) is 0 Å². The van der Waals surface area contributed by atoms with E-state index in [9.17, 15) is 0 Å². The first-order valence-corrected chi connectivity index (χ1v) is 11.3. The summed E-state index contributed by atoms with van der Waals surface area (Å²) in [6, 6.07) is 16.4. The number of fused-ring (bicyclic) bond motifs is 1. The van der Waals surface area contributed by atoms with Gasteiger partial charge in [-0.3, -0.25) is 0 Å². The topological polar surface area (TPSA) is 77.0 Å². The zero-order valence-electron chi connectivity index (χ0n) is 18.5. The van der Waals surface area contributed by atoms with Gasteiger partial charge in [-0.05, 0) is 44.4 Å². The first-order valence-electron chi connectivity index (χ1n) is 11.3. The standard InChI is InChI=1S/C25H24N8/c1-18-6-5-7-19(14-18)21-9-13-32(29-21)23-16-25(31-11-3-2-4-12-31)33-24(28-23)15-22(30-33)20-8-10-26-27-17-20/h5-10,13-17H,2-4,11-12H2,1H3. The minimum Gasteiger partial charge on any atom is -0.356 e. The number of rotatable bonds is 4. The van der Waals surface area contributed by atoms with Crippen molar-refractivity contribution < 1.29 is 0 Å². The van der Waals surface area contributed by atoms with Crippen molar-refractivity contribution in [3.8, 4) is 28.3 Å². The number of hydrogen-bond donors (Lipinski definition) is 0. The summed E-state index contributed by atoms with van der Waals surface area (Å²) in [5.41, 5.74) is 5.77. The maximum atomic E-state index is 4.91.